The minimum atomic E-state index is -0.0202. The molecule has 1 aliphatic rings. The number of carbonyl (C=O) groups is 1. The van der Waals surface area contributed by atoms with Crippen molar-refractivity contribution >= 4 is 29.0 Å². The Bertz CT molecular complexity index is 674. The van der Waals surface area contributed by atoms with Crippen molar-refractivity contribution in [2.45, 2.75) is 32.1 Å². The van der Waals surface area contributed by atoms with E-state index in [0.717, 1.165) is 40.1 Å². The molecular formula is C16H20ClN5OS. The molecule has 2 amide bonds. The second-order valence-electron chi connectivity index (χ2n) is 5.87. The molecule has 3 rings (SSSR count). The Morgan fingerprint density at radius 2 is 2.42 bits per heavy atom. The van der Waals surface area contributed by atoms with E-state index in [2.05, 4.69) is 20.3 Å². The van der Waals surface area contributed by atoms with E-state index in [1.54, 1.807) is 12.5 Å². The summed E-state index contributed by atoms with van der Waals surface area (Å²) in [5.41, 5.74) is 1.86. The third-order valence-electron chi connectivity index (χ3n) is 4.13. The van der Waals surface area contributed by atoms with Gasteiger partial charge in [0.15, 0.2) is 0 Å². The van der Waals surface area contributed by atoms with Crippen molar-refractivity contribution in [3.63, 3.8) is 0 Å². The summed E-state index contributed by atoms with van der Waals surface area (Å²) in [7, 11) is 0. The third-order valence-corrected chi connectivity index (χ3v) is 5.64. The topological polar surface area (TPSA) is 71.0 Å². The zero-order valence-corrected chi connectivity index (χ0v) is 15.1. The predicted molar refractivity (Wildman–Crippen MR) is 94.5 cm³/mol. The number of carbonyl (C=O) groups excluding carboxylic acids is 1. The smallest absolute Gasteiger partial charge is 0.317 e. The second kappa shape index (κ2) is 7.90. The minimum absolute atomic E-state index is 0.0202. The molecule has 1 saturated heterocycles. The Morgan fingerprint density at radius 1 is 1.54 bits per heavy atom. The van der Waals surface area contributed by atoms with Crippen molar-refractivity contribution in [3.8, 4) is 0 Å². The number of rotatable bonds is 4. The van der Waals surface area contributed by atoms with Gasteiger partial charge < -0.3 is 10.2 Å². The summed E-state index contributed by atoms with van der Waals surface area (Å²) in [4.78, 5) is 26.9. The van der Waals surface area contributed by atoms with Gasteiger partial charge in [-0.15, -0.1) is 11.3 Å². The fourth-order valence-corrected chi connectivity index (χ4v) is 3.97. The normalized spacial score (nSPS) is 17.8. The lowest BCUT2D eigenvalue weighted by Gasteiger charge is -2.32. The summed E-state index contributed by atoms with van der Waals surface area (Å²) in [6.07, 6.45) is 6.06. The Balaban J connectivity index is 1.49. The van der Waals surface area contributed by atoms with E-state index >= 15 is 0 Å². The zero-order valence-electron chi connectivity index (χ0n) is 13.5. The Labute approximate surface area is 150 Å². The average molecular weight is 366 g/mol. The van der Waals surface area contributed by atoms with Crippen LogP contribution in [0, 0.1) is 6.92 Å². The first-order chi connectivity index (χ1) is 11.6. The first kappa shape index (κ1) is 17.1. The lowest BCUT2D eigenvalue weighted by molar-refractivity contribution is 0.179. The van der Waals surface area contributed by atoms with Gasteiger partial charge in [-0.1, -0.05) is 11.6 Å². The quantitative estimate of drug-likeness (QED) is 0.904. The van der Waals surface area contributed by atoms with Crippen LogP contribution >= 0.6 is 22.9 Å². The molecule has 8 heteroatoms. The highest BCUT2D eigenvalue weighted by Gasteiger charge is 2.25. The number of aromatic nitrogens is 3. The van der Waals surface area contributed by atoms with E-state index in [1.807, 2.05) is 17.9 Å². The number of thiazole rings is 1. The molecule has 1 atom stereocenters. The molecule has 0 saturated carbocycles. The molecule has 0 spiro atoms. The molecule has 0 radical (unpaired) electrons. The summed E-state index contributed by atoms with van der Waals surface area (Å²) >= 11 is 7.49. The van der Waals surface area contributed by atoms with Crippen molar-refractivity contribution < 1.29 is 4.79 Å². The monoisotopic (exact) mass is 365 g/mol. The van der Waals surface area contributed by atoms with Crippen LogP contribution in [-0.2, 0) is 6.42 Å². The van der Waals surface area contributed by atoms with Crippen molar-refractivity contribution in [3.05, 3.63) is 39.3 Å². The molecule has 128 valence electrons. The first-order valence-corrected chi connectivity index (χ1v) is 9.23. The number of halogens is 1. The predicted octanol–water partition coefficient (Wildman–Crippen LogP) is 3.03. The number of amides is 2. The van der Waals surface area contributed by atoms with Crippen LogP contribution in [0.2, 0.25) is 4.34 Å². The lowest BCUT2D eigenvalue weighted by atomic mass is 9.95. The summed E-state index contributed by atoms with van der Waals surface area (Å²) in [5, 5.41) is 3.93. The fraction of sp³-hybridized carbons (Fsp3) is 0.500. The highest BCUT2D eigenvalue weighted by atomic mass is 35.5. The van der Waals surface area contributed by atoms with E-state index in [0.29, 0.717) is 19.5 Å². The van der Waals surface area contributed by atoms with E-state index in [1.165, 1.54) is 11.3 Å². The van der Waals surface area contributed by atoms with E-state index in [-0.39, 0.29) is 11.9 Å². The van der Waals surface area contributed by atoms with Crippen LogP contribution in [0.25, 0.3) is 0 Å². The van der Waals surface area contributed by atoms with Gasteiger partial charge in [-0.3, -0.25) is 0 Å². The number of hydrogen-bond donors (Lipinski definition) is 1. The average Bonchev–Trinajstić information content (AvgIpc) is 2.93. The van der Waals surface area contributed by atoms with Crippen LogP contribution in [0.3, 0.4) is 0 Å². The van der Waals surface area contributed by atoms with Gasteiger partial charge in [0.2, 0.25) is 0 Å². The van der Waals surface area contributed by atoms with Gasteiger partial charge in [0.1, 0.15) is 10.7 Å². The van der Waals surface area contributed by atoms with Crippen LogP contribution in [0.5, 0.6) is 0 Å². The van der Waals surface area contributed by atoms with E-state index < -0.39 is 0 Å². The Kier molecular flexibility index (Phi) is 5.63. The number of nitrogens with zero attached hydrogens (tertiary/aromatic N) is 4. The number of nitrogens with one attached hydrogen (secondary N) is 1. The number of aryl methyl sites for hydroxylation is 1. The first-order valence-electron chi connectivity index (χ1n) is 8.04. The minimum Gasteiger partial charge on any atom is -0.338 e. The number of urea groups is 1. The van der Waals surface area contributed by atoms with Crippen LogP contribution in [0.4, 0.5) is 4.79 Å². The van der Waals surface area contributed by atoms with Gasteiger partial charge in [0.05, 0.1) is 10.7 Å². The highest BCUT2D eigenvalue weighted by Crippen LogP contribution is 2.25. The second-order valence-corrected chi connectivity index (χ2v) is 7.55. The van der Waals surface area contributed by atoms with Crippen molar-refractivity contribution in [1.82, 2.24) is 25.2 Å². The van der Waals surface area contributed by atoms with Gasteiger partial charge in [-0.25, -0.2) is 19.7 Å². The Hall–Kier alpha value is -1.73. The maximum atomic E-state index is 12.4. The molecule has 1 aliphatic heterocycles. The molecule has 1 unspecified atom stereocenters. The maximum absolute atomic E-state index is 12.4. The fourth-order valence-electron chi connectivity index (χ4n) is 2.87. The van der Waals surface area contributed by atoms with Crippen molar-refractivity contribution in [2.75, 3.05) is 19.6 Å². The summed E-state index contributed by atoms with van der Waals surface area (Å²) in [6, 6.07) is 1.91. The molecule has 0 bridgehead atoms. The molecule has 0 aliphatic carbocycles. The van der Waals surface area contributed by atoms with Crippen LogP contribution in [0.1, 0.15) is 35.2 Å². The maximum Gasteiger partial charge on any atom is 0.317 e. The van der Waals surface area contributed by atoms with Gasteiger partial charge >= 0.3 is 6.03 Å². The van der Waals surface area contributed by atoms with Gasteiger partial charge in [0, 0.05) is 43.9 Å². The molecule has 2 aromatic rings. The summed E-state index contributed by atoms with van der Waals surface area (Å²) < 4.78 is 0.722. The number of piperidine rings is 1. The molecule has 1 fully saturated rings. The highest BCUT2D eigenvalue weighted by molar-refractivity contribution is 7.16. The molecular weight excluding hydrogens is 346 g/mol. The van der Waals surface area contributed by atoms with Crippen molar-refractivity contribution in [2.24, 2.45) is 0 Å². The Morgan fingerprint density at radius 3 is 3.12 bits per heavy atom. The molecule has 2 aromatic heterocycles. The largest absolute Gasteiger partial charge is 0.338 e. The third kappa shape index (κ3) is 4.21. The van der Waals surface area contributed by atoms with Crippen LogP contribution < -0.4 is 5.32 Å². The van der Waals surface area contributed by atoms with Gasteiger partial charge in [-0.05, 0) is 25.8 Å². The summed E-state index contributed by atoms with van der Waals surface area (Å²) in [6.45, 7) is 3.94. The standard InChI is InChI=1S/C16H20ClN5OS/c1-11-15(17)24-14(21-11)5-7-19-16(23)22-8-2-3-12(9-22)13-4-6-18-10-20-13/h4,6,10,12H,2-3,5,7-9H2,1H3,(H,19,23). The van der Waals surface area contributed by atoms with Crippen LogP contribution in [-0.4, -0.2) is 45.5 Å². The molecule has 3 heterocycles. The van der Waals surface area contributed by atoms with E-state index in [4.69, 9.17) is 11.6 Å². The van der Waals surface area contributed by atoms with Gasteiger partial charge in [-0.2, -0.15) is 0 Å². The van der Waals surface area contributed by atoms with Crippen molar-refractivity contribution in [1.29, 1.82) is 0 Å². The molecule has 1 N–H and O–H groups in total. The lowest BCUT2D eigenvalue weighted by Crippen LogP contribution is -2.45. The van der Waals surface area contributed by atoms with Crippen LogP contribution in [0.15, 0.2) is 18.6 Å². The number of hydrogen-bond acceptors (Lipinski definition) is 5. The molecule has 6 nitrogen and oxygen atoms in total. The SMILES string of the molecule is Cc1nc(CCNC(=O)N2CCCC(c3ccncn3)C2)sc1Cl. The van der Waals surface area contributed by atoms with Gasteiger partial charge in [0.25, 0.3) is 0 Å². The zero-order chi connectivity index (χ0) is 16.9. The van der Waals surface area contributed by atoms with E-state index in [9.17, 15) is 4.79 Å². The summed E-state index contributed by atoms with van der Waals surface area (Å²) in [5.74, 6) is 0.285. The molecule has 0 aromatic carbocycles. The molecule has 24 heavy (non-hydrogen) atoms. The number of likely N-dealkylation sites (tertiary alicyclic amines) is 1.